The number of aldehydes is 1. The van der Waals surface area contributed by atoms with Gasteiger partial charge in [0, 0.05) is 17.5 Å². The maximum Gasteiger partial charge on any atom is 0.408 e. The second-order valence-electron chi connectivity index (χ2n) is 11.4. The van der Waals surface area contributed by atoms with Gasteiger partial charge in [0.2, 0.25) is 0 Å². The molecule has 2 aliphatic rings. The average molecular weight is 527 g/mol. The van der Waals surface area contributed by atoms with Gasteiger partial charge in [-0.1, -0.05) is 24.3 Å². The molecular formula is C30H42N2O6. The highest BCUT2D eigenvalue weighted by Gasteiger charge is 2.38. The Balaban J connectivity index is 0.000000221. The number of hydrogen-bond acceptors (Lipinski definition) is 7. The third kappa shape index (κ3) is 6.85. The summed E-state index contributed by atoms with van der Waals surface area (Å²) in [5.74, 6) is 1.63. The van der Waals surface area contributed by atoms with Crippen LogP contribution in [0.2, 0.25) is 0 Å². The molecular weight excluding hydrogens is 484 g/mol. The maximum atomic E-state index is 12.0. The third-order valence-corrected chi connectivity index (χ3v) is 7.41. The summed E-state index contributed by atoms with van der Waals surface area (Å²) in [6.45, 7) is 7.14. The van der Waals surface area contributed by atoms with Gasteiger partial charge in [-0.25, -0.2) is 4.79 Å². The first kappa shape index (κ1) is 29.5. The Hall–Kier alpha value is -3.10. The van der Waals surface area contributed by atoms with E-state index in [-0.39, 0.29) is 0 Å². The summed E-state index contributed by atoms with van der Waals surface area (Å²) in [5.41, 5.74) is 8.76. The summed E-state index contributed by atoms with van der Waals surface area (Å²) in [6.07, 6.45) is 3.84. The molecule has 3 atom stereocenters. The minimum Gasteiger partial charge on any atom is -0.496 e. The van der Waals surface area contributed by atoms with Crippen LogP contribution < -0.4 is 20.5 Å². The molecule has 0 saturated heterocycles. The molecule has 3 unspecified atom stereocenters. The number of aryl methyl sites for hydroxylation is 2. The molecule has 0 bridgehead atoms. The number of carbonyl (C=O) groups excluding carboxylic acids is 2. The fourth-order valence-electron chi connectivity index (χ4n) is 5.12. The highest BCUT2D eigenvalue weighted by Crippen LogP contribution is 2.35. The number of amides is 1. The smallest absolute Gasteiger partial charge is 0.408 e. The van der Waals surface area contributed by atoms with E-state index in [4.69, 9.17) is 19.9 Å². The zero-order valence-corrected chi connectivity index (χ0v) is 23.4. The van der Waals surface area contributed by atoms with Crippen molar-refractivity contribution in [1.82, 2.24) is 5.32 Å². The van der Waals surface area contributed by atoms with E-state index in [2.05, 4.69) is 11.4 Å². The molecule has 0 spiro atoms. The number of aliphatic hydroxyl groups is 1. The monoisotopic (exact) mass is 526 g/mol. The van der Waals surface area contributed by atoms with Crippen molar-refractivity contribution in [2.45, 2.75) is 89.0 Å². The predicted octanol–water partition coefficient (Wildman–Crippen LogP) is 3.91. The van der Waals surface area contributed by atoms with Crippen LogP contribution in [0.5, 0.6) is 11.5 Å². The second-order valence-corrected chi connectivity index (χ2v) is 11.4. The Labute approximate surface area is 225 Å². The molecule has 38 heavy (non-hydrogen) atoms. The molecule has 2 aromatic rings. The van der Waals surface area contributed by atoms with E-state index in [0.717, 1.165) is 47.3 Å². The van der Waals surface area contributed by atoms with Crippen molar-refractivity contribution in [3.8, 4) is 11.5 Å². The fraction of sp³-hybridized carbons (Fsp3) is 0.533. The SMILES string of the molecule is COc1cccc2c1CC(C=O)(NC(=O)OC(C)(C)C)CC2.COc1cccc2c1CC(N)(C(C)O)CC2. The predicted molar refractivity (Wildman–Crippen MR) is 147 cm³/mol. The Morgan fingerprint density at radius 3 is 2.00 bits per heavy atom. The van der Waals surface area contributed by atoms with Gasteiger partial charge in [-0.15, -0.1) is 0 Å². The van der Waals surface area contributed by atoms with Crippen molar-refractivity contribution in [3.63, 3.8) is 0 Å². The van der Waals surface area contributed by atoms with Crippen LogP contribution in [0.1, 0.15) is 62.8 Å². The van der Waals surface area contributed by atoms with Crippen molar-refractivity contribution >= 4 is 12.4 Å². The third-order valence-electron chi connectivity index (χ3n) is 7.41. The lowest BCUT2D eigenvalue weighted by molar-refractivity contribution is -0.113. The number of methoxy groups -OCH3 is 2. The zero-order chi connectivity index (χ0) is 28.1. The number of fused-ring (bicyclic) bond motifs is 2. The van der Waals surface area contributed by atoms with Crippen molar-refractivity contribution in [2.24, 2.45) is 5.73 Å². The van der Waals surface area contributed by atoms with Gasteiger partial charge in [-0.2, -0.15) is 0 Å². The van der Waals surface area contributed by atoms with Gasteiger partial charge in [0.05, 0.1) is 20.3 Å². The molecule has 0 fully saturated rings. The minimum atomic E-state index is -0.941. The lowest BCUT2D eigenvalue weighted by Gasteiger charge is -2.37. The average Bonchev–Trinajstić information content (AvgIpc) is 2.87. The highest BCUT2D eigenvalue weighted by molar-refractivity contribution is 5.78. The van der Waals surface area contributed by atoms with Crippen LogP contribution in [-0.4, -0.2) is 54.5 Å². The van der Waals surface area contributed by atoms with Gasteiger partial charge < -0.3 is 35.2 Å². The molecule has 0 aromatic heterocycles. The van der Waals surface area contributed by atoms with Gasteiger partial charge in [-0.05, 0) is 88.6 Å². The lowest BCUT2D eigenvalue weighted by Crippen LogP contribution is -2.54. The van der Waals surface area contributed by atoms with E-state index in [1.807, 2.05) is 30.3 Å². The van der Waals surface area contributed by atoms with Crippen LogP contribution in [0, 0.1) is 0 Å². The molecule has 2 aliphatic carbocycles. The first-order valence-electron chi connectivity index (χ1n) is 13.1. The van der Waals surface area contributed by atoms with E-state index in [9.17, 15) is 14.7 Å². The molecule has 0 aliphatic heterocycles. The molecule has 4 N–H and O–H groups in total. The number of benzene rings is 2. The molecule has 4 rings (SSSR count). The van der Waals surface area contributed by atoms with Crippen LogP contribution in [0.4, 0.5) is 4.79 Å². The summed E-state index contributed by atoms with van der Waals surface area (Å²) < 4.78 is 16.0. The van der Waals surface area contributed by atoms with E-state index in [1.54, 1.807) is 41.9 Å². The lowest BCUT2D eigenvalue weighted by atomic mass is 9.75. The highest BCUT2D eigenvalue weighted by atomic mass is 16.6. The molecule has 0 heterocycles. The van der Waals surface area contributed by atoms with Crippen molar-refractivity contribution in [2.75, 3.05) is 14.2 Å². The van der Waals surface area contributed by atoms with Crippen LogP contribution in [0.25, 0.3) is 0 Å². The van der Waals surface area contributed by atoms with E-state index in [0.29, 0.717) is 25.7 Å². The van der Waals surface area contributed by atoms with Crippen LogP contribution in [-0.2, 0) is 35.2 Å². The Morgan fingerprint density at radius 1 is 1.00 bits per heavy atom. The Bertz CT molecular complexity index is 1110. The number of hydrogen-bond donors (Lipinski definition) is 3. The molecule has 2 aromatic carbocycles. The topological polar surface area (TPSA) is 120 Å². The number of rotatable bonds is 5. The largest absolute Gasteiger partial charge is 0.496 e. The number of ether oxygens (including phenoxy) is 3. The summed E-state index contributed by atoms with van der Waals surface area (Å²) in [7, 11) is 3.28. The Morgan fingerprint density at radius 2 is 1.53 bits per heavy atom. The van der Waals surface area contributed by atoms with Crippen LogP contribution >= 0.6 is 0 Å². The molecule has 8 heteroatoms. The molecule has 208 valence electrons. The number of alkyl carbamates (subject to hydrolysis) is 1. The molecule has 0 saturated carbocycles. The quantitative estimate of drug-likeness (QED) is 0.505. The maximum absolute atomic E-state index is 12.0. The van der Waals surface area contributed by atoms with E-state index < -0.39 is 28.9 Å². The van der Waals surface area contributed by atoms with Gasteiger partial charge in [0.1, 0.15) is 28.9 Å². The van der Waals surface area contributed by atoms with Crippen molar-refractivity contribution in [1.29, 1.82) is 0 Å². The fourth-order valence-corrected chi connectivity index (χ4v) is 5.12. The molecule has 1 amide bonds. The van der Waals surface area contributed by atoms with Gasteiger partial charge in [-0.3, -0.25) is 0 Å². The molecule has 0 radical (unpaired) electrons. The first-order valence-corrected chi connectivity index (χ1v) is 13.1. The number of nitrogens with two attached hydrogens (primary N) is 1. The first-order chi connectivity index (χ1) is 17.8. The van der Waals surface area contributed by atoms with Gasteiger partial charge in [0.15, 0.2) is 0 Å². The summed E-state index contributed by atoms with van der Waals surface area (Å²) in [5, 5.41) is 12.5. The van der Waals surface area contributed by atoms with Crippen molar-refractivity contribution in [3.05, 3.63) is 58.7 Å². The van der Waals surface area contributed by atoms with Crippen LogP contribution in [0.15, 0.2) is 36.4 Å². The zero-order valence-electron chi connectivity index (χ0n) is 23.4. The Kier molecular flexibility index (Phi) is 9.10. The minimum absolute atomic E-state index is 0.412. The standard InChI is InChI=1S/C17H23NO4.C13H19NO2/c1-16(2,3)22-15(20)18-17(11-19)9-8-12-6-5-7-14(21-4)13(12)10-17;1-9(15)13(14)7-6-10-4-3-5-12(16-2)11(10)8-13/h5-7,11H,8-10H2,1-4H3,(H,18,20);3-5,9,15H,6-8,14H2,1-2H3. The summed E-state index contributed by atoms with van der Waals surface area (Å²) in [4.78, 5) is 23.7. The van der Waals surface area contributed by atoms with E-state index in [1.165, 1.54) is 5.56 Å². The molecule has 8 nitrogen and oxygen atoms in total. The van der Waals surface area contributed by atoms with Gasteiger partial charge in [0.25, 0.3) is 0 Å². The number of nitrogens with one attached hydrogen (secondary N) is 1. The number of aliphatic hydroxyl groups excluding tert-OH is 1. The normalized spacial score (nSPS) is 22.9. The second kappa shape index (κ2) is 11.7. The summed E-state index contributed by atoms with van der Waals surface area (Å²) >= 11 is 0. The van der Waals surface area contributed by atoms with Gasteiger partial charge >= 0.3 is 6.09 Å². The van der Waals surface area contributed by atoms with Crippen molar-refractivity contribution < 1.29 is 28.9 Å². The van der Waals surface area contributed by atoms with E-state index >= 15 is 0 Å². The summed E-state index contributed by atoms with van der Waals surface area (Å²) in [6, 6.07) is 11.9. The van der Waals surface area contributed by atoms with Crippen LogP contribution in [0.3, 0.4) is 0 Å². The number of carbonyl (C=O) groups is 2.